The molecule has 0 aliphatic rings. The summed E-state index contributed by atoms with van der Waals surface area (Å²) >= 11 is 7.38. The fraction of sp³-hybridized carbons (Fsp3) is 0.182. The Bertz CT molecular complexity index is 547. The van der Waals surface area contributed by atoms with Gasteiger partial charge in [-0.25, -0.2) is 0 Å². The van der Waals surface area contributed by atoms with Crippen LogP contribution < -0.4 is 10.9 Å². The van der Waals surface area contributed by atoms with Crippen molar-refractivity contribution in [1.29, 1.82) is 0 Å². The van der Waals surface area contributed by atoms with Gasteiger partial charge in [-0.1, -0.05) is 11.6 Å². The molecule has 2 aromatic heterocycles. The molecule has 0 saturated heterocycles. The zero-order valence-electron chi connectivity index (χ0n) is 8.74. The van der Waals surface area contributed by atoms with Crippen LogP contribution in [-0.2, 0) is 13.6 Å². The fourth-order valence-corrected chi connectivity index (χ4v) is 2.36. The Morgan fingerprint density at radius 2 is 2.19 bits per heavy atom. The number of hydrogen-bond acceptors (Lipinski definition) is 3. The van der Waals surface area contributed by atoms with E-state index in [1.807, 2.05) is 12.1 Å². The summed E-state index contributed by atoms with van der Waals surface area (Å²) in [4.78, 5) is 12.3. The zero-order valence-corrected chi connectivity index (χ0v) is 10.3. The molecule has 0 bridgehead atoms. The normalized spacial score (nSPS) is 10.4. The highest BCUT2D eigenvalue weighted by Gasteiger charge is 1.98. The molecule has 0 saturated carbocycles. The Kier molecular flexibility index (Phi) is 3.31. The third-order valence-electron chi connectivity index (χ3n) is 2.18. The summed E-state index contributed by atoms with van der Waals surface area (Å²) in [5.41, 5.74) is 0.913. The van der Waals surface area contributed by atoms with E-state index in [1.54, 1.807) is 41.3 Å². The summed E-state index contributed by atoms with van der Waals surface area (Å²) in [6, 6.07) is 7.19. The number of nitrogens with zero attached hydrogens (tertiary/aromatic N) is 1. The van der Waals surface area contributed by atoms with Gasteiger partial charge in [0.1, 0.15) is 0 Å². The van der Waals surface area contributed by atoms with E-state index < -0.39 is 0 Å². The maximum atomic E-state index is 11.2. The van der Waals surface area contributed by atoms with Crippen LogP contribution in [0, 0.1) is 0 Å². The predicted molar refractivity (Wildman–Crippen MR) is 68.3 cm³/mol. The van der Waals surface area contributed by atoms with Crippen molar-refractivity contribution >= 4 is 28.6 Å². The van der Waals surface area contributed by atoms with Crippen molar-refractivity contribution in [2.75, 3.05) is 5.32 Å². The van der Waals surface area contributed by atoms with Gasteiger partial charge in [-0.05, 0) is 18.2 Å². The molecule has 84 valence electrons. The van der Waals surface area contributed by atoms with E-state index in [2.05, 4.69) is 5.32 Å². The van der Waals surface area contributed by atoms with Crippen LogP contribution in [-0.4, -0.2) is 4.57 Å². The molecule has 1 N–H and O–H groups in total. The summed E-state index contributed by atoms with van der Waals surface area (Å²) < 4.78 is 2.33. The molecular weight excluding hydrogens is 244 g/mol. The van der Waals surface area contributed by atoms with E-state index in [-0.39, 0.29) is 5.56 Å². The lowest BCUT2D eigenvalue weighted by atomic mass is 10.4. The number of anilines is 1. The van der Waals surface area contributed by atoms with Crippen molar-refractivity contribution in [3.63, 3.8) is 0 Å². The molecule has 2 heterocycles. The van der Waals surface area contributed by atoms with E-state index >= 15 is 0 Å². The molecule has 0 aliphatic carbocycles. The number of hydrogen-bond donors (Lipinski definition) is 1. The van der Waals surface area contributed by atoms with Crippen LogP contribution in [0.1, 0.15) is 4.88 Å². The Labute approximate surface area is 102 Å². The van der Waals surface area contributed by atoms with Crippen molar-refractivity contribution in [1.82, 2.24) is 4.57 Å². The molecular formula is C11H11ClN2OS. The molecule has 3 nitrogen and oxygen atoms in total. The molecule has 0 fully saturated rings. The largest absolute Gasteiger partial charge is 0.379 e. The lowest BCUT2D eigenvalue weighted by Crippen LogP contribution is -2.15. The smallest absolute Gasteiger partial charge is 0.250 e. The first-order valence-electron chi connectivity index (χ1n) is 4.80. The van der Waals surface area contributed by atoms with Crippen LogP contribution in [0.4, 0.5) is 5.69 Å². The predicted octanol–water partition coefficient (Wildman–Crippen LogP) is 2.71. The summed E-state index contributed by atoms with van der Waals surface area (Å²) in [6.45, 7) is 0.718. The molecule has 2 rings (SSSR count). The molecule has 0 amide bonds. The van der Waals surface area contributed by atoms with Gasteiger partial charge in [-0.15, -0.1) is 11.3 Å². The van der Waals surface area contributed by atoms with Gasteiger partial charge in [0, 0.05) is 30.7 Å². The topological polar surface area (TPSA) is 34.0 Å². The minimum atomic E-state index is -0.00952. The van der Waals surface area contributed by atoms with Crippen molar-refractivity contribution in [3.8, 4) is 0 Å². The maximum Gasteiger partial charge on any atom is 0.250 e. The highest BCUT2D eigenvalue weighted by molar-refractivity contribution is 7.16. The molecule has 0 radical (unpaired) electrons. The van der Waals surface area contributed by atoms with E-state index in [4.69, 9.17) is 11.6 Å². The summed E-state index contributed by atoms with van der Waals surface area (Å²) in [5, 5.41) is 3.23. The SMILES string of the molecule is Cn1cc(NCc2ccc(Cl)s2)ccc1=O. The second kappa shape index (κ2) is 4.72. The first-order chi connectivity index (χ1) is 7.65. The van der Waals surface area contributed by atoms with Gasteiger partial charge in [-0.2, -0.15) is 0 Å². The van der Waals surface area contributed by atoms with E-state index in [0.29, 0.717) is 0 Å². The Morgan fingerprint density at radius 3 is 2.81 bits per heavy atom. The van der Waals surface area contributed by atoms with Gasteiger partial charge in [0.05, 0.1) is 10.0 Å². The molecule has 16 heavy (non-hydrogen) atoms. The quantitative estimate of drug-likeness (QED) is 0.914. The van der Waals surface area contributed by atoms with Crippen molar-refractivity contribution < 1.29 is 0 Å². The van der Waals surface area contributed by atoms with Gasteiger partial charge < -0.3 is 9.88 Å². The zero-order chi connectivity index (χ0) is 11.5. The minimum absolute atomic E-state index is 0.00952. The third kappa shape index (κ3) is 2.65. The molecule has 5 heteroatoms. The maximum absolute atomic E-state index is 11.2. The van der Waals surface area contributed by atoms with Crippen LogP contribution in [0.5, 0.6) is 0 Å². The summed E-state index contributed by atoms with van der Waals surface area (Å²) in [6.07, 6.45) is 1.78. The van der Waals surface area contributed by atoms with Crippen molar-refractivity contribution in [2.24, 2.45) is 7.05 Å². The summed E-state index contributed by atoms with van der Waals surface area (Å²) in [5.74, 6) is 0. The van der Waals surface area contributed by atoms with E-state index in [0.717, 1.165) is 16.6 Å². The molecule has 0 atom stereocenters. The Balaban J connectivity index is 2.05. The third-order valence-corrected chi connectivity index (χ3v) is 3.41. The highest BCUT2D eigenvalue weighted by Crippen LogP contribution is 2.22. The average Bonchev–Trinajstić information content (AvgIpc) is 2.66. The van der Waals surface area contributed by atoms with Gasteiger partial charge in [-0.3, -0.25) is 4.79 Å². The van der Waals surface area contributed by atoms with Crippen LogP contribution >= 0.6 is 22.9 Å². The molecule has 0 unspecified atom stereocenters. The number of aryl methyl sites for hydroxylation is 1. The molecule has 2 aromatic rings. The first-order valence-corrected chi connectivity index (χ1v) is 5.99. The standard InChI is InChI=1S/C11H11ClN2OS/c1-14-7-8(2-5-11(14)15)13-6-9-3-4-10(12)16-9/h2-5,7,13H,6H2,1H3. The molecule has 0 aromatic carbocycles. The number of pyridine rings is 1. The lowest BCUT2D eigenvalue weighted by molar-refractivity contribution is 0.859. The fourth-order valence-electron chi connectivity index (χ4n) is 1.33. The number of nitrogens with one attached hydrogen (secondary N) is 1. The van der Waals surface area contributed by atoms with Crippen LogP contribution in [0.25, 0.3) is 0 Å². The van der Waals surface area contributed by atoms with Crippen LogP contribution in [0.15, 0.2) is 35.3 Å². The number of halogens is 1. The van der Waals surface area contributed by atoms with Gasteiger partial charge in [0.25, 0.3) is 0 Å². The van der Waals surface area contributed by atoms with E-state index in [1.165, 1.54) is 4.88 Å². The van der Waals surface area contributed by atoms with Crippen LogP contribution in [0.3, 0.4) is 0 Å². The number of aromatic nitrogens is 1. The first kappa shape index (κ1) is 11.2. The minimum Gasteiger partial charge on any atom is -0.379 e. The van der Waals surface area contributed by atoms with Gasteiger partial charge in [0.15, 0.2) is 0 Å². The Morgan fingerprint density at radius 1 is 1.38 bits per heavy atom. The van der Waals surface area contributed by atoms with Crippen molar-refractivity contribution in [3.05, 3.63) is 50.0 Å². The summed E-state index contributed by atoms with van der Waals surface area (Å²) in [7, 11) is 1.73. The second-order valence-electron chi connectivity index (χ2n) is 3.43. The second-order valence-corrected chi connectivity index (χ2v) is 5.23. The van der Waals surface area contributed by atoms with Gasteiger partial charge in [0.2, 0.25) is 5.56 Å². The molecule has 0 aliphatic heterocycles. The van der Waals surface area contributed by atoms with Crippen LogP contribution in [0.2, 0.25) is 4.34 Å². The molecule has 0 spiro atoms. The van der Waals surface area contributed by atoms with Gasteiger partial charge >= 0.3 is 0 Å². The highest BCUT2D eigenvalue weighted by atomic mass is 35.5. The number of thiophene rings is 1. The monoisotopic (exact) mass is 254 g/mol. The van der Waals surface area contributed by atoms with Crippen molar-refractivity contribution in [2.45, 2.75) is 6.54 Å². The Hall–Kier alpha value is -1.26. The number of rotatable bonds is 3. The average molecular weight is 255 g/mol. The van der Waals surface area contributed by atoms with E-state index in [9.17, 15) is 4.79 Å². The lowest BCUT2D eigenvalue weighted by Gasteiger charge is -2.05.